The summed E-state index contributed by atoms with van der Waals surface area (Å²) in [5, 5.41) is 5.74. The normalized spacial score (nSPS) is 9.89. The van der Waals surface area contributed by atoms with Gasteiger partial charge in [0.2, 0.25) is 5.75 Å². The molecule has 2 N–H and O–H groups in total. The molecule has 0 bridgehead atoms. The van der Waals surface area contributed by atoms with Crippen LogP contribution in [0.1, 0.15) is 10.4 Å². The summed E-state index contributed by atoms with van der Waals surface area (Å²) >= 11 is 0. The molecule has 1 amide bonds. The topological polar surface area (TPSA) is 68.8 Å². The minimum absolute atomic E-state index is 0.186. The average molecular weight is 268 g/mol. The van der Waals surface area contributed by atoms with Crippen molar-refractivity contribution in [1.82, 2.24) is 10.6 Å². The van der Waals surface area contributed by atoms with Crippen LogP contribution in [0.5, 0.6) is 17.2 Å². The number of likely N-dealkylation sites (N-methyl/N-ethyl adjacent to an activating group) is 1. The molecule has 0 aromatic heterocycles. The number of rotatable bonds is 7. The van der Waals surface area contributed by atoms with Crippen LogP contribution < -0.4 is 24.8 Å². The fourth-order valence-electron chi connectivity index (χ4n) is 1.62. The van der Waals surface area contributed by atoms with Gasteiger partial charge in [-0.3, -0.25) is 4.79 Å². The van der Waals surface area contributed by atoms with Crippen LogP contribution >= 0.6 is 0 Å². The SMILES string of the molecule is CNCCNC(=O)c1cc(OC)c(OC)c(OC)c1. The lowest BCUT2D eigenvalue weighted by Gasteiger charge is -2.14. The zero-order chi connectivity index (χ0) is 14.3. The molecule has 6 heteroatoms. The van der Waals surface area contributed by atoms with Gasteiger partial charge in [0, 0.05) is 18.7 Å². The Morgan fingerprint density at radius 1 is 1.05 bits per heavy atom. The molecule has 0 spiro atoms. The molecule has 0 aliphatic carbocycles. The number of hydrogen-bond donors (Lipinski definition) is 2. The fourth-order valence-corrected chi connectivity index (χ4v) is 1.62. The monoisotopic (exact) mass is 268 g/mol. The van der Waals surface area contributed by atoms with E-state index in [1.807, 2.05) is 7.05 Å². The number of nitrogens with one attached hydrogen (secondary N) is 2. The number of carbonyl (C=O) groups excluding carboxylic acids is 1. The van der Waals surface area contributed by atoms with E-state index in [1.165, 1.54) is 21.3 Å². The lowest BCUT2D eigenvalue weighted by Crippen LogP contribution is -2.30. The molecule has 19 heavy (non-hydrogen) atoms. The highest BCUT2D eigenvalue weighted by molar-refractivity contribution is 5.95. The van der Waals surface area contributed by atoms with Crippen molar-refractivity contribution >= 4 is 5.91 Å². The summed E-state index contributed by atoms with van der Waals surface area (Å²) < 4.78 is 15.6. The van der Waals surface area contributed by atoms with E-state index in [2.05, 4.69) is 10.6 Å². The highest BCUT2D eigenvalue weighted by Gasteiger charge is 2.16. The summed E-state index contributed by atoms with van der Waals surface area (Å²) in [6.07, 6.45) is 0. The predicted molar refractivity (Wildman–Crippen MR) is 72.4 cm³/mol. The summed E-state index contributed by atoms with van der Waals surface area (Å²) in [4.78, 5) is 12.0. The van der Waals surface area contributed by atoms with Gasteiger partial charge in [-0.05, 0) is 19.2 Å². The number of ether oxygens (including phenoxy) is 3. The number of amides is 1. The third kappa shape index (κ3) is 3.75. The summed E-state index contributed by atoms with van der Waals surface area (Å²) in [7, 11) is 6.37. The Labute approximate surface area is 113 Å². The predicted octanol–water partition coefficient (Wildman–Crippen LogP) is 0.662. The van der Waals surface area contributed by atoms with Gasteiger partial charge in [0.1, 0.15) is 0 Å². The molecule has 0 saturated heterocycles. The molecule has 0 atom stereocenters. The van der Waals surface area contributed by atoms with Gasteiger partial charge in [0.15, 0.2) is 11.5 Å². The van der Waals surface area contributed by atoms with Crippen LogP contribution in [0.4, 0.5) is 0 Å². The third-order valence-electron chi connectivity index (χ3n) is 2.59. The van der Waals surface area contributed by atoms with E-state index >= 15 is 0 Å². The second-order valence-corrected chi connectivity index (χ2v) is 3.77. The first-order valence-electron chi connectivity index (χ1n) is 5.90. The van der Waals surface area contributed by atoms with Crippen molar-refractivity contribution in [3.63, 3.8) is 0 Å². The van der Waals surface area contributed by atoms with Gasteiger partial charge in [0.05, 0.1) is 21.3 Å². The third-order valence-corrected chi connectivity index (χ3v) is 2.59. The summed E-state index contributed by atoms with van der Waals surface area (Å²) in [5.74, 6) is 1.20. The van der Waals surface area contributed by atoms with E-state index < -0.39 is 0 Å². The maximum absolute atomic E-state index is 12.0. The van der Waals surface area contributed by atoms with E-state index in [0.717, 1.165) is 0 Å². The average Bonchev–Trinajstić information content (AvgIpc) is 2.45. The minimum Gasteiger partial charge on any atom is -0.493 e. The van der Waals surface area contributed by atoms with Crippen LogP contribution in [0.25, 0.3) is 0 Å². The molecule has 0 aliphatic heterocycles. The number of carbonyl (C=O) groups is 1. The number of benzene rings is 1. The van der Waals surface area contributed by atoms with Crippen LogP contribution in [-0.2, 0) is 0 Å². The zero-order valence-electron chi connectivity index (χ0n) is 11.7. The van der Waals surface area contributed by atoms with Gasteiger partial charge >= 0.3 is 0 Å². The van der Waals surface area contributed by atoms with Crippen LogP contribution in [-0.4, -0.2) is 47.4 Å². The first-order valence-corrected chi connectivity index (χ1v) is 5.90. The van der Waals surface area contributed by atoms with Crippen LogP contribution in [0.15, 0.2) is 12.1 Å². The first kappa shape index (κ1) is 15.1. The smallest absolute Gasteiger partial charge is 0.251 e. The summed E-state index contributed by atoms with van der Waals surface area (Å²) in [6, 6.07) is 3.24. The quantitative estimate of drug-likeness (QED) is 0.711. The van der Waals surface area contributed by atoms with Gasteiger partial charge in [-0.15, -0.1) is 0 Å². The van der Waals surface area contributed by atoms with Crippen molar-refractivity contribution in [2.45, 2.75) is 0 Å². The van der Waals surface area contributed by atoms with Crippen molar-refractivity contribution in [3.8, 4) is 17.2 Å². The molecule has 106 valence electrons. The van der Waals surface area contributed by atoms with Gasteiger partial charge in [0.25, 0.3) is 5.91 Å². The highest BCUT2D eigenvalue weighted by atomic mass is 16.5. The van der Waals surface area contributed by atoms with Crippen LogP contribution in [0.3, 0.4) is 0 Å². The molecule has 0 aliphatic rings. The molecule has 1 rings (SSSR count). The zero-order valence-corrected chi connectivity index (χ0v) is 11.7. The van der Waals surface area contributed by atoms with Gasteiger partial charge < -0.3 is 24.8 Å². The van der Waals surface area contributed by atoms with Crippen LogP contribution in [0, 0.1) is 0 Å². The van der Waals surface area contributed by atoms with Gasteiger partial charge in [-0.25, -0.2) is 0 Å². The Morgan fingerprint density at radius 3 is 2.05 bits per heavy atom. The molecule has 0 saturated carbocycles. The second kappa shape index (κ2) is 7.48. The van der Waals surface area contributed by atoms with Crippen LogP contribution in [0.2, 0.25) is 0 Å². The Bertz CT molecular complexity index is 410. The number of hydrogen-bond acceptors (Lipinski definition) is 5. The van der Waals surface area contributed by atoms with E-state index in [0.29, 0.717) is 35.9 Å². The Kier molecular flexibility index (Phi) is 5.95. The Hall–Kier alpha value is -1.95. The summed E-state index contributed by atoms with van der Waals surface area (Å²) in [5.41, 5.74) is 0.464. The molecule has 1 aromatic carbocycles. The fraction of sp³-hybridized carbons (Fsp3) is 0.462. The largest absolute Gasteiger partial charge is 0.493 e. The molecule has 0 fully saturated rings. The van der Waals surface area contributed by atoms with E-state index in [1.54, 1.807) is 12.1 Å². The molecule has 1 aromatic rings. The molecule has 6 nitrogen and oxygen atoms in total. The Morgan fingerprint density at radius 2 is 1.63 bits per heavy atom. The maximum atomic E-state index is 12.0. The first-order chi connectivity index (χ1) is 9.17. The summed E-state index contributed by atoms with van der Waals surface area (Å²) in [6.45, 7) is 1.25. The van der Waals surface area contributed by atoms with Crippen molar-refractivity contribution in [2.75, 3.05) is 41.5 Å². The van der Waals surface area contributed by atoms with Crippen molar-refractivity contribution in [3.05, 3.63) is 17.7 Å². The Balaban J connectivity index is 2.98. The lowest BCUT2D eigenvalue weighted by molar-refractivity contribution is 0.0953. The van der Waals surface area contributed by atoms with E-state index in [9.17, 15) is 4.79 Å². The van der Waals surface area contributed by atoms with E-state index in [4.69, 9.17) is 14.2 Å². The van der Waals surface area contributed by atoms with Crippen molar-refractivity contribution < 1.29 is 19.0 Å². The van der Waals surface area contributed by atoms with Crippen molar-refractivity contribution in [1.29, 1.82) is 0 Å². The molecular weight excluding hydrogens is 248 g/mol. The second-order valence-electron chi connectivity index (χ2n) is 3.77. The number of methoxy groups -OCH3 is 3. The highest BCUT2D eigenvalue weighted by Crippen LogP contribution is 2.38. The molecule has 0 heterocycles. The van der Waals surface area contributed by atoms with E-state index in [-0.39, 0.29) is 5.91 Å². The van der Waals surface area contributed by atoms with Gasteiger partial charge in [-0.1, -0.05) is 0 Å². The minimum atomic E-state index is -0.186. The molecular formula is C13H20N2O4. The molecule has 0 unspecified atom stereocenters. The van der Waals surface area contributed by atoms with Crippen molar-refractivity contribution in [2.24, 2.45) is 0 Å². The standard InChI is InChI=1S/C13H20N2O4/c1-14-5-6-15-13(16)9-7-10(17-2)12(19-4)11(8-9)18-3/h7-8,14H,5-6H2,1-4H3,(H,15,16). The maximum Gasteiger partial charge on any atom is 0.251 e. The lowest BCUT2D eigenvalue weighted by atomic mass is 10.1. The molecule has 0 radical (unpaired) electrons. The van der Waals surface area contributed by atoms with Gasteiger partial charge in [-0.2, -0.15) is 0 Å².